The Morgan fingerprint density at radius 1 is 1.40 bits per heavy atom. The van der Waals surface area contributed by atoms with Crippen molar-refractivity contribution in [2.45, 2.75) is 20.8 Å². The average Bonchev–Trinajstić information content (AvgIpc) is 2.70. The van der Waals surface area contributed by atoms with Gasteiger partial charge in [0.2, 0.25) is 0 Å². The zero-order valence-electron chi connectivity index (χ0n) is 11.6. The second kappa shape index (κ2) is 5.54. The molecule has 1 N–H and O–H groups in total. The van der Waals surface area contributed by atoms with Crippen LogP contribution in [-0.2, 0) is 4.79 Å². The minimum absolute atomic E-state index is 0.0112. The van der Waals surface area contributed by atoms with Crippen molar-refractivity contribution >= 4 is 29.3 Å². The Labute approximate surface area is 120 Å². The normalized spacial score (nSPS) is 13.8. The number of thiazole rings is 1. The minimum atomic E-state index is -0.450. The van der Waals surface area contributed by atoms with E-state index in [-0.39, 0.29) is 11.3 Å². The summed E-state index contributed by atoms with van der Waals surface area (Å²) in [6.45, 7) is 5.54. The van der Waals surface area contributed by atoms with Gasteiger partial charge in [-0.2, -0.15) is 0 Å². The molecule has 0 bridgehead atoms. The first kappa shape index (κ1) is 14.4. The van der Waals surface area contributed by atoms with Gasteiger partial charge >= 0.3 is 0 Å². The fourth-order valence-electron chi connectivity index (χ4n) is 1.47. The summed E-state index contributed by atoms with van der Waals surface area (Å²) >= 11 is 1.27. The monoisotopic (exact) mass is 288 g/mol. The van der Waals surface area contributed by atoms with Crippen molar-refractivity contribution < 1.29 is 4.79 Å². The molecular formula is C15H16N2O2S. The third-order valence-electron chi connectivity index (χ3n) is 2.66. The van der Waals surface area contributed by atoms with Crippen LogP contribution >= 0.6 is 11.3 Å². The number of nitrogens with zero attached hydrogens (tertiary/aromatic N) is 1. The van der Waals surface area contributed by atoms with Gasteiger partial charge in [0.05, 0.1) is 9.20 Å². The van der Waals surface area contributed by atoms with Crippen LogP contribution in [-0.4, -0.2) is 15.8 Å². The Balaban J connectivity index is 2.46. The molecule has 5 heteroatoms. The Morgan fingerprint density at radius 2 is 2.15 bits per heavy atom. The maximum Gasteiger partial charge on any atom is 0.266 e. The average molecular weight is 288 g/mol. The number of carbonyl (C=O) groups excluding carboxylic acids is 1. The molecule has 104 valence electrons. The first-order valence-electron chi connectivity index (χ1n) is 6.23. The molecule has 4 nitrogen and oxygen atoms in total. The number of rotatable bonds is 2. The summed E-state index contributed by atoms with van der Waals surface area (Å²) in [5.41, 5.74) is 0.217. The van der Waals surface area contributed by atoms with E-state index in [1.165, 1.54) is 17.4 Å². The summed E-state index contributed by atoms with van der Waals surface area (Å²) in [5.74, 6) is -0.0112. The molecular weight excluding hydrogens is 272 g/mol. The topological polar surface area (TPSA) is 62.8 Å². The summed E-state index contributed by atoms with van der Waals surface area (Å²) in [6.07, 6.45) is 6.61. The number of hydrogen-bond acceptors (Lipinski definition) is 4. The number of carbonyl (C=O) groups is 1. The van der Waals surface area contributed by atoms with Crippen molar-refractivity contribution in [2.24, 2.45) is 5.41 Å². The Morgan fingerprint density at radius 3 is 2.75 bits per heavy atom. The summed E-state index contributed by atoms with van der Waals surface area (Å²) in [6, 6.07) is 3.68. The van der Waals surface area contributed by atoms with E-state index in [1.807, 2.05) is 32.9 Å². The van der Waals surface area contributed by atoms with Crippen LogP contribution in [0.5, 0.6) is 0 Å². The molecule has 0 radical (unpaired) electrons. The van der Waals surface area contributed by atoms with Crippen molar-refractivity contribution in [1.82, 2.24) is 9.97 Å². The number of Topliss-reactive ketones (excluding diaryl/α,β-unsaturated/α-hetero) is 1. The molecule has 0 saturated heterocycles. The first-order chi connectivity index (χ1) is 9.36. The van der Waals surface area contributed by atoms with E-state index in [1.54, 1.807) is 18.5 Å². The lowest BCUT2D eigenvalue weighted by atomic mass is 9.91. The smallest absolute Gasteiger partial charge is 0.266 e. The molecule has 0 unspecified atom stereocenters. The van der Waals surface area contributed by atoms with Crippen LogP contribution in [0.2, 0.25) is 0 Å². The standard InChI is InChI=1S/C15H16N2O2S/c1-15(2,3)12(18)8-13-17-14(19)11(20-13)7-10-5-4-6-16-9-10/h4-9H,1-3H3,(H,17,19)/b11-7-,13-8+. The van der Waals surface area contributed by atoms with E-state index in [9.17, 15) is 9.59 Å². The van der Waals surface area contributed by atoms with Crippen LogP contribution in [0.15, 0.2) is 29.3 Å². The summed E-state index contributed by atoms with van der Waals surface area (Å²) in [7, 11) is 0. The summed E-state index contributed by atoms with van der Waals surface area (Å²) in [5, 5.41) is 0. The maximum atomic E-state index is 11.9. The third kappa shape index (κ3) is 3.51. The van der Waals surface area contributed by atoms with Crippen molar-refractivity contribution in [3.05, 3.63) is 49.6 Å². The van der Waals surface area contributed by atoms with E-state index < -0.39 is 5.41 Å². The maximum absolute atomic E-state index is 11.9. The van der Waals surface area contributed by atoms with Crippen LogP contribution in [0.4, 0.5) is 0 Å². The Hall–Kier alpha value is -2.01. The molecule has 0 aliphatic rings. The van der Waals surface area contributed by atoms with E-state index in [4.69, 9.17) is 0 Å². The fourth-order valence-corrected chi connectivity index (χ4v) is 2.36. The van der Waals surface area contributed by atoms with Gasteiger partial charge in [-0.25, -0.2) is 0 Å². The van der Waals surface area contributed by atoms with Crippen LogP contribution in [0.1, 0.15) is 26.3 Å². The number of pyridine rings is 1. The lowest BCUT2D eigenvalue weighted by Crippen LogP contribution is -2.22. The predicted octanol–water partition coefficient (Wildman–Crippen LogP) is 1.06. The second-order valence-electron chi connectivity index (χ2n) is 5.47. The van der Waals surface area contributed by atoms with Gasteiger partial charge in [0.15, 0.2) is 5.78 Å². The zero-order chi connectivity index (χ0) is 14.8. The van der Waals surface area contributed by atoms with Crippen molar-refractivity contribution in [3.8, 4) is 0 Å². The largest absolute Gasteiger partial charge is 0.313 e. The van der Waals surface area contributed by atoms with Crippen LogP contribution in [0, 0.1) is 5.41 Å². The number of nitrogens with one attached hydrogen (secondary N) is 1. The zero-order valence-corrected chi connectivity index (χ0v) is 12.5. The lowest BCUT2D eigenvalue weighted by molar-refractivity contribution is -0.119. The number of aromatic nitrogens is 2. The predicted molar refractivity (Wildman–Crippen MR) is 80.9 cm³/mol. The highest BCUT2D eigenvalue weighted by molar-refractivity contribution is 7.07. The number of ketones is 1. The Kier molecular flexibility index (Phi) is 3.99. The molecule has 2 rings (SSSR count). The molecule has 0 saturated carbocycles. The highest BCUT2D eigenvalue weighted by Gasteiger charge is 2.18. The second-order valence-corrected chi connectivity index (χ2v) is 6.56. The van der Waals surface area contributed by atoms with Gasteiger partial charge in [-0.05, 0) is 17.7 Å². The number of H-pyrrole nitrogens is 1. The molecule has 0 amide bonds. The number of aromatic amines is 1. The van der Waals surface area contributed by atoms with E-state index in [0.29, 0.717) is 9.20 Å². The van der Waals surface area contributed by atoms with Crippen LogP contribution in [0.25, 0.3) is 12.2 Å². The van der Waals surface area contributed by atoms with Crippen molar-refractivity contribution in [1.29, 1.82) is 0 Å². The van der Waals surface area contributed by atoms with E-state index in [0.717, 1.165) is 5.56 Å². The molecule has 0 fully saturated rings. The van der Waals surface area contributed by atoms with Crippen LogP contribution < -0.4 is 14.8 Å². The first-order valence-corrected chi connectivity index (χ1v) is 7.05. The highest BCUT2D eigenvalue weighted by atomic mass is 32.1. The quantitative estimate of drug-likeness (QED) is 0.898. The van der Waals surface area contributed by atoms with Crippen molar-refractivity contribution in [3.63, 3.8) is 0 Å². The summed E-state index contributed by atoms with van der Waals surface area (Å²) < 4.78 is 1.14. The molecule has 0 spiro atoms. The molecule has 0 aromatic carbocycles. The highest BCUT2D eigenvalue weighted by Crippen LogP contribution is 2.14. The van der Waals surface area contributed by atoms with Gasteiger partial charge in [0, 0.05) is 23.9 Å². The van der Waals surface area contributed by atoms with Gasteiger partial charge in [-0.15, -0.1) is 11.3 Å². The number of hydrogen-bond donors (Lipinski definition) is 1. The van der Waals surface area contributed by atoms with Gasteiger partial charge in [-0.3, -0.25) is 14.6 Å². The van der Waals surface area contributed by atoms with E-state index >= 15 is 0 Å². The molecule has 20 heavy (non-hydrogen) atoms. The summed E-state index contributed by atoms with van der Waals surface area (Å²) in [4.78, 5) is 30.5. The van der Waals surface area contributed by atoms with Crippen molar-refractivity contribution in [2.75, 3.05) is 0 Å². The van der Waals surface area contributed by atoms with Crippen LogP contribution in [0.3, 0.4) is 0 Å². The molecule has 2 heterocycles. The fraction of sp³-hybridized carbons (Fsp3) is 0.267. The van der Waals surface area contributed by atoms with E-state index in [2.05, 4.69) is 9.97 Å². The van der Waals surface area contributed by atoms with Gasteiger partial charge in [0.1, 0.15) is 0 Å². The van der Waals surface area contributed by atoms with Gasteiger partial charge in [-0.1, -0.05) is 26.8 Å². The molecule has 2 aromatic heterocycles. The lowest BCUT2D eigenvalue weighted by Gasteiger charge is -2.12. The SMILES string of the molecule is CC(C)(C)C(=O)/C=c1\[nH]c(=O)/c(=C/c2cccnc2)s1. The third-order valence-corrected chi connectivity index (χ3v) is 3.63. The Bertz CT molecular complexity index is 780. The minimum Gasteiger partial charge on any atom is -0.313 e. The van der Waals surface area contributed by atoms with Gasteiger partial charge in [0.25, 0.3) is 5.56 Å². The van der Waals surface area contributed by atoms with Gasteiger partial charge < -0.3 is 4.98 Å². The molecule has 2 aromatic rings. The molecule has 0 aliphatic carbocycles. The molecule has 0 aliphatic heterocycles. The molecule has 0 atom stereocenters.